The summed E-state index contributed by atoms with van der Waals surface area (Å²) in [5.74, 6) is 0.633. The zero-order valence-corrected chi connectivity index (χ0v) is 12.0. The van der Waals surface area contributed by atoms with Crippen LogP contribution in [0.2, 0.25) is 0 Å². The van der Waals surface area contributed by atoms with Crippen LogP contribution in [-0.4, -0.2) is 12.1 Å². The molecule has 0 aromatic heterocycles. The third-order valence-electron chi connectivity index (χ3n) is 4.97. The zero-order valence-electron chi connectivity index (χ0n) is 12.0. The van der Waals surface area contributed by atoms with Crippen molar-refractivity contribution in [1.29, 1.82) is 0 Å². The molecule has 4 atom stereocenters. The third-order valence-corrected chi connectivity index (χ3v) is 4.97. The number of anilines is 1. The topological polar surface area (TPSA) is 41.1 Å². The van der Waals surface area contributed by atoms with E-state index in [1.54, 1.807) is 0 Å². The second-order valence-electron chi connectivity index (χ2n) is 6.35. The average molecular weight is 294 g/mol. The standard InChI is InChI=1S/C16H20F2N2O/c1-9(13-7-10-2-3-11(13)6-10)19-16(21)20-15-5-4-12(17)8-14(15)18/h4-5,8-11,13H,2-3,6-7H2,1H3,(H2,19,20,21)/t9-,10+,11+,13-/m0/s1. The second-order valence-corrected chi connectivity index (χ2v) is 6.35. The normalized spacial score (nSPS) is 28.4. The first-order chi connectivity index (χ1) is 10.0. The maximum atomic E-state index is 13.5. The van der Waals surface area contributed by atoms with Crippen LogP contribution in [0.1, 0.15) is 32.6 Å². The molecule has 5 heteroatoms. The molecule has 1 aromatic rings. The van der Waals surface area contributed by atoms with Crippen molar-refractivity contribution < 1.29 is 13.6 Å². The second kappa shape index (κ2) is 5.62. The highest BCUT2D eigenvalue weighted by atomic mass is 19.1. The molecule has 2 fully saturated rings. The van der Waals surface area contributed by atoms with Gasteiger partial charge < -0.3 is 10.6 Å². The predicted octanol–water partition coefficient (Wildman–Crippen LogP) is 3.91. The Morgan fingerprint density at radius 3 is 2.71 bits per heavy atom. The Morgan fingerprint density at radius 2 is 2.10 bits per heavy atom. The number of halogens is 2. The van der Waals surface area contributed by atoms with Crippen molar-refractivity contribution in [2.75, 3.05) is 5.32 Å². The molecule has 3 nitrogen and oxygen atoms in total. The minimum atomic E-state index is -0.766. The number of rotatable bonds is 3. The molecule has 3 rings (SSSR count). The Bertz CT molecular complexity index is 549. The molecule has 2 N–H and O–H groups in total. The summed E-state index contributed by atoms with van der Waals surface area (Å²) in [6, 6.07) is 2.75. The van der Waals surface area contributed by atoms with Gasteiger partial charge in [-0.05, 0) is 56.1 Å². The van der Waals surface area contributed by atoms with E-state index in [-0.39, 0.29) is 11.7 Å². The first-order valence-electron chi connectivity index (χ1n) is 7.55. The number of fused-ring (bicyclic) bond motifs is 2. The summed E-state index contributed by atoms with van der Waals surface area (Å²) in [6.07, 6.45) is 5.04. The van der Waals surface area contributed by atoms with Gasteiger partial charge in [-0.1, -0.05) is 6.42 Å². The third kappa shape index (κ3) is 3.01. The van der Waals surface area contributed by atoms with Crippen LogP contribution in [0.3, 0.4) is 0 Å². The first kappa shape index (κ1) is 14.3. The largest absolute Gasteiger partial charge is 0.335 e. The lowest BCUT2D eigenvalue weighted by Crippen LogP contribution is -2.42. The van der Waals surface area contributed by atoms with Crippen molar-refractivity contribution in [3.05, 3.63) is 29.8 Å². The number of nitrogens with one attached hydrogen (secondary N) is 2. The lowest BCUT2D eigenvalue weighted by Gasteiger charge is -2.28. The van der Waals surface area contributed by atoms with Crippen LogP contribution in [0.25, 0.3) is 0 Å². The molecule has 0 aliphatic heterocycles. The van der Waals surface area contributed by atoms with Gasteiger partial charge in [0.15, 0.2) is 0 Å². The number of carbonyl (C=O) groups excluding carboxylic acids is 1. The van der Waals surface area contributed by atoms with Gasteiger partial charge in [0, 0.05) is 12.1 Å². The monoisotopic (exact) mass is 294 g/mol. The molecule has 0 saturated heterocycles. The molecule has 0 spiro atoms. The SMILES string of the molecule is C[C@H](NC(=O)Nc1ccc(F)cc1F)[C@@H]1C[C@@H]2CC[C@@H]1C2. The van der Waals surface area contributed by atoms with Gasteiger partial charge in [0.1, 0.15) is 11.6 Å². The summed E-state index contributed by atoms with van der Waals surface area (Å²) in [5, 5.41) is 5.33. The van der Waals surface area contributed by atoms with E-state index in [1.165, 1.54) is 31.7 Å². The van der Waals surface area contributed by atoms with Crippen LogP contribution in [0.4, 0.5) is 19.3 Å². The van der Waals surface area contributed by atoms with Crippen molar-refractivity contribution >= 4 is 11.7 Å². The van der Waals surface area contributed by atoms with E-state index >= 15 is 0 Å². The Labute approximate surface area is 123 Å². The molecule has 0 unspecified atom stereocenters. The molecular weight excluding hydrogens is 274 g/mol. The van der Waals surface area contributed by atoms with E-state index in [9.17, 15) is 13.6 Å². The summed E-state index contributed by atoms with van der Waals surface area (Å²) in [5.41, 5.74) is -0.00552. The Balaban J connectivity index is 1.56. The van der Waals surface area contributed by atoms with Gasteiger partial charge in [0.25, 0.3) is 0 Å². The van der Waals surface area contributed by atoms with Gasteiger partial charge >= 0.3 is 6.03 Å². The van der Waals surface area contributed by atoms with Crippen molar-refractivity contribution in [2.45, 2.75) is 38.6 Å². The fraction of sp³-hybridized carbons (Fsp3) is 0.562. The van der Waals surface area contributed by atoms with Gasteiger partial charge in [0.2, 0.25) is 0 Å². The molecule has 2 bridgehead atoms. The van der Waals surface area contributed by atoms with Gasteiger partial charge in [-0.15, -0.1) is 0 Å². The van der Waals surface area contributed by atoms with E-state index < -0.39 is 17.7 Å². The highest BCUT2D eigenvalue weighted by molar-refractivity contribution is 5.89. The van der Waals surface area contributed by atoms with Crippen LogP contribution in [0.5, 0.6) is 0 Å². The molecule has 2 aliphatic rings. The molecule has 2 saturated carbocycles. The number of urea groups is 1. The molecule has 0 heterocycles. The van der Waals surface area contributed by atoms with Crippen molar-refractivity contribution in [1.82, 2.24) is 5.32 Å². The van der Waals surface area contributed by atoms with Crippen LogP contribution in [0, 0.1) is 29.4 Å². The highest BCUT2D eigenvalue weighted by Gasteiger charge is 2.42. The zero-order chi connectivity index (χ0) is 15.0. The molecule has 2 amide bonds. The quantitative estimate of drug-likeness (QED) is 0.872. The number of carbonyl (C=O) groups is 1. The van der Waals surface area contributed by atoms with E-state index in [2.05, 4.69) is 10.6 Å². The molecule has 21 heavy (non-hydrogen) atoms. The number of hydrogen-bond donors (Lipinski definition) is 2. The van der Waals surface area contributed by atoms with E-state index in [0.29, 0.717) is 11.8 Å². The molecular formula is C16H20F2N2O. The van der Waals surface area contributed by atoms with Crippen LogP contribution in [-0.2, 0) is 0 Å². The van der Waals surface area contributed by atoms with Crippen LogP contribution < -0.4 is 10.6 Å². The van der Waals surface area contributed by atoms with Gasteiger partial charge in [-0.2, -0.15) is 0 Å². The summed E-state index contributed by atoms with van der Waals surface area (Å²) in [6.45, 7) is 2.01. The average Bonchev–Trinajstić information content (AvgIpc) is 3.04. The smallest absolute Gasteiger partial charge is 0.319 e. The maximum Gasteiger partial charge on any atom is 0.319 e. The number of amides is 2. The Hall–Kier alpha value is -1.65. The highest BCUT2D eigenvalue weighted by Crippen LogP contribution is 2.49. The summed E-state index contributed by atoms with van der Waals surface area (Å²) >= 11 is 0. The lowest BCUT2D eigenvalue weighted by atomic mass is 9.84. The van der Waals surface area contributed by atoms with Gasteiger partial charge in [0.05, 0.1) is 5.69 Å². The van der Waals surface area contributed by atoms with E-state index in [0.717, 1.165) is 18.1 Å². The van der Waals surface area contributed by atoms with E-state index in [1.807, 2.05) is 6.92 Å². The first-order valence-corrected chi connectivity index (χ1v) is 7.55. The fourth-order valence-electron chi connectivity index (χ4n) is 3.97. The minimum absolute atomic E-state index is 0.00552. The van der Waals surface area contributed by atoms with Crippen LogP contribution >= 0.6 is 0 Å². The molecule has 1 aromatic carbocycles. The number of benzene rings is 1. The molecule has 114 valence electrons. The Kier molecular flexibility index (Phi) is 3.83. The minimum Gasteiger partial charge on any atom is -0.335 e. The fourth-order valence-corrected chi connectivity index (χ4v) is 3.97. The summed E-state index contributed by atoms with van der Waals surface area (Å²) in [7, 11) is 0. The molecule has 0 radical (unpaired) electrons. The maximum absolute atomic E-state index is 13.5. The number of hydrogen-bond acceptors (Lipinski definition) is 1. The van der Waals surface area contributed by atoms with Crippen molar-refractivity contribution in [2.24, 2.45) is 17.8 Å². The van der Waals surface area contributed by atoms with Crippen molar-refractivity contribution in [3.63, 3.8) is 0 Å². The van der Waals surface area contributed by atoms with E-state index in [4.69, 9.17) is 0 Å². The summed E-state index contributed by atoms with van der Waals surface area (Å²) in [4.78, 5) is 11.9. The molecule has 2 aliphatic carbocycles. The van der Waals surface area contributed by atoms with Gasteiger partial charge in [-0.3, -0.25) is 0 Å². The predicted molar refractivity (Wildman–Crippen MR) is 76.9 cm³/mol. The van der Waals surface area contributed by atoms with Crippen molar-refractivity contribution in [3.8, 4) is 0 Å². The van der Waals surface area contributed by atoms with Gasteiger partial charge in [-0.25, -0.2) is 13.6 Å². The Morgan fingerprint density at radius 1 is 1.29 bits per heavy atom. The summed E-state index contributed by atoms with van der Waals surface area (Å²) < 4.78 is 26.3. The van der Waals surface area contributed by atoms with Crippen LogP contribution in [0.15, 0.2) is 18.2 Å². The lowest BCUT2D eigenvalue weighted by molar-refractivity contribution is 0.230.